The Morgan fingerprint density at radius 2 is 1.72 bits per heavy atom. The van der Waals surface area contributed by atoms with Gasteiger partial charge in [0.05, 0.1) is 23.3 Å². The monoisotopic (exact) mass is 513 g/mol. The van der Waals surface area contributed by atoms with Crippen molar-refractivity contribution in [2.24, 2.45) is 5.92 Å². The summed E-state index contributed by atoms with van der Waals surface area (Å²) in [5, 5.41) is 15.6. The maximum Gasteiger partial charge on any atom is 0.419 e. The number of hydrogen-bond acceptors (Lipinski definition) is 8. The number of aromatic nitrogens is 2. The fraction of sp³-hybridized carbons (Fsp3) is 0.320. The second-order valence-electron chi connectivity index (χ2n) is 9.03. The number of rotatable bonds is 3. The third kappa shape index (κ3) is 6.03. The number of carboxylic acid groups (broad SMARTS) is 2. The number of aliphatic carboxylic acids is 2. The van der Waals surface area contributed by atoms with Gasteiger partial charge in [-0.25, -0.2) is 19.0 Å². The molecule has 1 fully saturated rings. The molecule has 0 aliphatic carbocycles. The Hall–Kier alpha value is -3.86. The number of fused-ring (bicyclic) bond motifs is 1. The average molecular weight is 514 g/mol. The van der Waals surface area contributed by atoms with Crippen molar-refractivity contribution in [3.05, 3.63) is 60.0 Å². The Labute approximate surface area is 212 Å². The van der Waals surface area contributed by atoms with Gasteiger partial charge in [-0.15, -0.1) is 0 Å². The van der Waals surface area contributed by atoms with E-state index in [1.165, 1.54) is 4.57 Å². The first kappa shape index (κ1) is 26.7. The van der Waals surface area contributed by atoms with Crippen molar-refractivity contribution < 1.29 is 34.1 Å². The topological polar surface area (TPSA) is 139 Å². The van der Waals surface area contributed by atoms with Gasteiger partial charge in [0.25, 0.3) is 0 Å². The summed E-state index contributed by atoms with van der Waals surface area (Å²) in [5.74, 6) is -3.05. The van der Waals surface area contributed by atoms with Crippen LogP contribution in [-0.4, -0.2) is 61.5 Å². The molecule has 10 nitrogen and oxygen atoms in total. The largest absolute Gasteiger partial charge is 0.473 e. The molecule has 4 rings (SSSR count). The summed E-state index contributed by atoms with van der Waals surface area (Å²) in [6, 6.07) is 11.4. The molecular weight excluding hydrogens is 486 g/mol. The van der Waals surface area contributed by atoms with Gasteiger partial charge in [0, 0.05) is 35.1 Å². The number of benzene rings is 1. The fourth-order valence-corrected chi connectivity index (χ4v) is 4.91. The Bertz CT molecular complexity index is 1290. The van der Waals surface area contributed by atoms with Crippen LogP contribution in [0, 0.1) is 12.8 Å². The van der Waals surface area contributed by atoms with Crippen molar-refractivity contribution in [2.45, 2.75) is 33.3 Å². The van der Waals surface area contributed by atoms with E-state index in [0.29, 0.717) is 29.1 Å². The number of pyridine rings is 1. The number of ether oxygens (including phenoxy) is 1. The normalized spacial score (nSPS) is 15.2. The minimum Gasteiger partial charge on any atom is -0.473 e. The Morgan fingerprint density at radius 1 is 1.06 bits per heavy atom. The molecule has 0 bridgehead atoms. The van der Waals surface area contributed by atoms with Crippen LogP contribution < -0.4 is 4.31 Å². The quantitative estimate of drug-likeness (QED) is 0.297. The van der Waals surface area contributed by atoms with Gasteiger partial charge in [0.2, 0.25) is 0 Å². The number of para-hydroxylation sites is 1. The van der Waals surface area contributed by atoms with Crippen molar-refractivity contribution in [3.8, 4) is 0 Å². The minimum absolute atomic E-state index is 0.0601. The number of nitrogens with zero attached hydrogens (tertiary/aromatic N) is 3. The molecule has 1 atom stereocenters. The number of carbonyl (C=O) groups excluding carboxylic acids is 2. The number of carbonyl (C=O) groups is 4. The molecule has 36 heavy (non-hydrogen) atoms. The zero-order valence-electron chi connectivity index (χ0n) is 20.3. The van der Waals surface area contributed by atoms with Gasteiger partial charge in [-0.05, 0) is 57.8 Å². The molecule has 2 N–H and O–H groups in total. The van der Waals surface area contributed by atoms with E-state index < -0.39 is 23.6 Å². The van der Waals surface area contributed by atoms with Crippen LogP contribution in [0.15, 0.2) is 48.8 Å². The molecule has 2 aromatic heterocycles. The van der Waals surface area contributed by atoms with E-state index in [0.717, 1.165) is 11.1 Å². The number of ketones is 1. The van der Waals surface area contributed by atoms with Gasteiger partial charge in [-0.2, -0.15) is 0 Å². The third-order valence-electron chi connectivity index (χ3n) is 5.24. The van der Waals surface area contributed by atoms with Crippen LogP contribution in [0.2, 0.25) is 0 Å². The first-order chi connectivity index (χ1) is 16.9. The molecule has 11 heteroatoms. The van der Waals surface area contributed by atoms with Crippen LogP contribution in [0.5, 0.6) is 0 Å². The Morgan fingerprint density at radius 3 is 2.31 bits per heavy atom. The molecule has 3 aromatic rings. The lowest BCUT2D eigenvalue weighted by Gasteiger charge is -2.20. The van der Waals surface area contributed by atoms with E-state index in [1.54, 1.807) is 24.3 Å². The molecule has 1 aliphatic heterocycles. The summed E-state index contributed by atoms with van der Waals surface area (Å²) >= 11 is 1.63. The average Bonchev–Trinajstić information content (AvgIpc) is 3.41. The molecule has 1 saturated heterocycles. The fourth-order valence-electron chi connectivity index (χ4n) is 3.75. The molecule has 0 radical (unpaired) electrons. The van der Waals surface area contributed by atoms with Crippen molar-refractivity contribution in [3.63, 3.8) is 0 Å². The van der Waals surface area contributed by atoms with Crippen LogP contribution >= 0.6 is 11.9 Å². The first-order valence-corrected chi connectivity index (χ1v) is 12.0. The molecule has 1 aliphatic rings. The smallest absolute Gasteiger partial charge is 0.419 e. The summed E-state index contributed by atoms with van der Waals surface area (Å²) in [4.78, 5) is 48.8. The molecule has 0 amide bonds. The zero-order valence-corrected chi connectivity index (χ0v) is 21.1. The van der Waals surface area contributed by atoms with Crippen molar-refractivity contribution in [1.82, 2.24) is 9.55 Å². The highest BCUT2D eigenvalue weighted by Gasteiger charge is 2.34. The number of Topliss-reactive ketones (excluding diaryl/α,β-unsaturated/α-hetero) is 1. The van der Waals surface area contributed by atoms with Gasteiger partial charge in [-0.3, -0.25) is 9.78 Å². The van der Waals surface area contributed by atoms with E-state index >= 15 is 0 Å². The minimum atomic E-state index is -1.82. The van der Waals surface area contributed by atoms with Gasteiger partial charge in [0.1, 0.15) is 5.60 Å². The predicted molar refractivity (Wildman–Crippen MR) is 135 cm³/mol. The standard InChI is InChI=1S/C23H25N3O3S.C2H2O4/c1-15-20(21(27)16-13-25(30-14-16)17-8-7-11-24-12-17)18-9-5-6-10-19(18)26(15)22(28)29-23(2,3)4;3-1(4)2(5)6/h5-12,16H,13-14H2,1-4H3;(H,3,4)(H,5,6). The van der Waals surface area contributed by atoms with Crippen molar-refractivity contribution in [1.29, 1.82) is 0 Å². The lowest BCUT2D eigenvalue weighted by molar-refractivity contribution is -0.159. The predicted octanol–water partition coefficient (Wildman–Crippen LogP) is 4.25. The van der Waals surface area contributed by atoms with Crippen LogP contribution in [-0.2, 0) is 14.3 Å². The van der Waals surface area contributed by atoms with Crippen molar-refractivity contribution >= 4 is 52.4 Å². The van der Waals surface area contributed by atoms with Gasteiger partial charge in [0.15, 0.2) is 5.78 Å². The second kappa shape index (κ2) is 10.8. The highest BCUT2D eigenvalue weighted by molar-refractivity contribution is 8.00. The number of carboxylic acids is 2. The molecular formula is C25H27N3O7S. The molecule has 3 heterocycles. The molecule has 0 saturated carbocycles. The lowest BCUT2D eigenvalue weighted by atomic mass is 9.96. The van der Waals surface area contributed by atoms with Crippen molar-refractivity contribution in [2.75, 3.05) is 16.6 Å². The highest BCUT2D eigenvalue weighted by atomic mass is 32.2. The van der Waals surface area contributed by atoms with Crippen LogP contribution in [0.3, 0.4) is 0 Å². The zero-order chi connectivity index (χ0) is 26.6. The summed E-state index contributed by atoms with van der Waals surface area (Å²) in [7, 11) is 0. The summed E-state index contributed by atoms with van der Waals surface area (Å²) in [6.07, 6.45) is 3.08. The SMILES string of the molecule is Cc1c(C(=O)C2CSN(c3cccnc3)C2)c2ccccc2n1C(=O)OC(C)(C)C.O=C(O)C(=O)O. The van der Waals surface area contributed by atoms with Gasteiger partial charge >= 0.3 is 18.0 Å². The third-order valence-corrected chi connectivity index (χ3v) is 6.46. The number of hydrogen-bond donors (Lipinski definition) is 2. The summed E-state index contributed by atoms with van der Waals surface area (Å²) in [6.45, 7) is 7.93. The molecule has 1 unspecified atom stereocenters. The van der Waals surface area contributed by atoms with E-state index in [2.05, 4.69) is 9.29 Å². The van der Waals surface area contributed by atoms with E-state index in [-0.39, 0.29) is 11.7 Å². The summed E-state index contributed by atoms with van der Waals surface area (Å²) in [5.41, 5.74) is 2.30. The molecule has 0 spiro atoms. The van der Waals surface area contributed by atoms with Crippen LogP contribution in [0.4, 0.5) is 10.5 Å². The molecule has 1 aromatic carbocycles. The maximum absolute atomic E-state index is 13.6. The van der Waals surface area contributed by atoms with Crippen LogP contribution in [0.25, 0.3) is 10.9 Å². The maximum atomic E-state index is 13.6. The van der Waals surface area contributed by atoms with E-state index in [4.69, 9.17) is 24.5 Å². The van der Waals surface area contributed by atoms with E-state index in [9.17, 15) is 9.59 Å². The van der Waals surface area contributed by atoms with Gasteiger partial charge in [-0.1, -0.05) is 18.2 Å². The first-order valence-electron chi connectivity index (χ1n) is 11.0. The Balaban J connectivity index is 0.000000538. The summed E-state index contributed by atoms with van der Waals surface area (Å²) < 4.78 is 9.23. The van der Waals surface area contributed by atoms with Gasteiger partial charge < -0.3 is 19.3 Å². The molecule has 190 valence electrons. The van der Waals surface area contributed by atoms with Crippen LogP contribution in [0.1, 0.15) is 36.8 Å². The number of anilines is 1. The van der Waals surface area contributed by atoms with E-state index in [1.807, 2.05) is 64.1 Å². The Kier molecular flexibility index (Phi) is 8.03. The second-order valence-corrected chi connectivity index (χ2v) is 10.1. The lowest BCUT2D eigenvalue weighted by Crippen LogP contribution is -2.28. The highest BCUT2D eigenvalue weighted by Crippen LogP contribution is 2.35.